The topological polar surface area (TPSA) is 37.3 Å². The van der Waals surface area contributed by atoms with Crippen molar-refractivity contribution in [2.24, 2.45) is 0 Å². The first-order valence-corrected chi connectivity index (χ1v) is 6.07. The molecule has 1 saturated carbocycles. The first-order valence-electron chi connectivity index (χ1n) is 5.70. The van der Waals surface area contributed by atoms with Gasteiger partial charge in [-0.2, -0.15) is 0 Å². The zero-order valence-electron chi connectivity index (χ0n) is 9.08. The van der Waals surface area contributed by atoms with Crippen LogP contribution in [0, 0.1) is 0 Å². The second-order valence-corrected chi connectivity index (χ2v) is 4.82. The fourth-order valence-corrected chi connectivity index (χ4v) is 2.69. The highest BCUT2D eigenvalue weighted by Gasteiger charge is 2.20. The quantitative estimate of drug-likeness (QED) is 0.794. The Morgan fingerprint density at radius 1 is 1.25 bits per heavy atom. The first kappa shape index (κ1) is 11.5. The van der Waals surface area contributed by atoms with Crippen LogP contribution in [0.25, 0.3) is 0 Å². The molecule has 2 rings (SSSR count). The van der Waals surface area contributed by atoms with Crippen molar-refractivity contribution in [3.8, 4) is 5.75 Å². The number of benzene rings is 1. The summed E-state index contributed by atoms with van der Waals surface area (Å²) in [6.07, 6.45) is 6.45. The number of phenolic OH excluding ortho intramolecular Hbond substituents is 1. The lowest BCUT2D eigenvalue weighted by molar-refractivity contribution is 0.112. The Bertz CT molecular complexity index is 395. The van der Waals surface area contributed by atoms with E-state index in [2.05, 4.69) is 0 Å². The van der Waals surface area contributed by atoms with Crippen LogP contribution in [0.1, 0.15) is 53.9 Å². The molecule has 1 aliphatic rings. The predicted molar refractivity (Wildman–Crippen MR) is 64.3 cm³/mol. The van der Waals surface area contributed by atoms with Gasteiger partial charge < -0.3 is 5.11 Å². The van der Waals surface area contributed by atoms with Crippen LogP contribution in [-0.2, 0) is 0 Å². The van der Waals surface area contributed by atoms with Gasteiger partial charge in [-0.3, -0.25) is 4.79 Å². The lowest BCUT2D eigenvalue weighted by atomic mass is 9.83. The number of hydrogen-bond donors (Lipinski definition) is 1. The van der Waals surface area contributed by atoms with Gasteiger partial charge in [0.2, 0.25) is 0 Å². The third kappa shape index (κ3) is 2.22. The number of carbonyl (C=O) groups is 1. The van der Waals surface area contributed by atoms with E-state index in [0.29, 0.717) is 22.8 Å². The van der Waals surface area contributed by atoms with E-state index in [0.717, 1.165) is 18.4 Å². The molecule has 16 heavy (non-hydrogen) atoms. The van der Waals surface area contributed by atoms with Crippen LogP contribution in [0.4, 0.5) is 0 Å². The molecule has 0 atom stereocenters. The molecule has 2 nitrogen and oxygen atoms in total. The summed E-state index contributed by atoms with van der Waals surface area (Å²) in [4.78, 5) is 10.8. The molecule has 1 aromatic rings. The molecule has 0 saturated heterocycles. The highest BCUT2D eigenvalue weighted by atomic mass is 35.5. The van der Waals surface area contributed by atoms with E-state index in [9.17, 15) is 9.90 Å². The summed E-state index contributed by atoms with van der Waals surface area (Å²) in [5.74, 6) is 0.470. The molecule has 86 valence electrons. The minimum absolute atomic E-state index is 0.117. The molecule has 0 amide bonds. The maximum atomic E-state index is 10.8. The molecular formula is C13H15ClO2. The highest BCUT2D eigenvalue weighted by Crippen LogP contribution is 2.39. The van der Waals surface area contributed by atoms with Gasteiger partial charge in [0, 0.05) is 5.02 Å². The van der Waals surface area contributed by atoms with E-state index in [1.165, 1.54) is 25.3 Å². The van der Waals surface area contributed by atoms with Crippen LogP contribution >= 0.6 is 11.6 Å². The smallest absolute Gasteiger partial charge is 0.153 e. The van der Waals surface area contributed by atoms with Gasteiger partial charge in [0.05, 0.1) is 5.56 Å². The highest BCUT2D eigenvalue weighted by molar-refractivity contribution is 6.31. The van der Waals surface area contributed by atoms with Gasteiger partial charge in [-0.05, 0) is 36.5 Å². The van der Waals surface area contributed by atoms with Crippen molar-refractivity contribution >= 4 is 17.9 Å². The second kappa shape index (κ2) is 4.88. The summed E-state index contributed by atoms with van der Waals surface area (Å²) in [6, 6.07) is 3.30. The molecule has 0 spiro atoms. The van der Waals surface area contributed by atoms with Crippen molar-refractivity contribution in [1.29, 1.82) is 0 Å². The molecule has 0 bridgehead atoms. The van der Waals surface area contributed by atoms with Crippen molar-refractivity contribution in [2.75, 3.05) is 0 Å². The van der Waals surface area contributed by atoms with E-state index in [1.807, 2.05) is 0 Å². The molecular weight excluding hydrogens is 224 g/mol. The molecule has 0 heterocycles. The number of aromatic hydroxyl groups is 1. The molecule has 1 fully saturated rings. The second-order valence-electron chi connectivity index (χ2n) is 4.39. The summed E-state index contributed by atoms with van der Waals surface area (Å²) in [6.45, 7) is 0. The molecule has 3 heteroatoms. The number of phenols is 1. The standard InChI is InChI=1S/C13H15ClO2/c14-11-6-10(8-15)13(16)12(7-11)9-4-2-1-3-5-9/h6-9,16H,1-5H2. The van der Waals surface area contributed by atoms with E-state index >= 15 is 0 Å². The average molecular weight is 239 g/mol. The van der Waals surface area contributed by atoms with Gasteiger partial charge in [0.25, 0.3) is 0 Å². The van der Waals surface area contributed by atoms with Crippen molar-refractivity contribution in [2.45, 2.75) is 38.0 Å². The lowest BCUT2D eigenvalue weighted by Crippen LogP contribution is -2.05. The Kier molecular flexibility index (Phi) is 3.49. The number of hydrogen-bond acceptors (Lipinski definition) is 2. The summed E-state index contributed by atoms with van der Waals surface area (Å²) in [7, 11) is 0. The monoisotopic (exact) mass is 238 g/mol. The van der Waals surface area contributed by atoms with Gasteiger partial charge in [0.15, 0.2) is 6.29 Å². The zero-order valence-corrected chi connectivity index (χ0v) is 9.83. The Hall–Kier alpha value is -1.02. The maximum Gasteiger partial charge on any atom is 0.153 e. The third-order valence-electron chi connectivity index (χ3n) is 3.31. The molecule has 1 aromatic carbocycles. The summed E-state index contributed by atoms with van der Waals surface area (Å²) < 4.78 is 0. The van der Waals surface area contributed by atoms with Crippen molar-refractivity contribution < 1.29 is 9.90 Å². The SMILES string of the molecule is O=Cc1cc(Cl)cc(C2CCCCC2)c1O. The van der Waals surface area contributed by atoms with Crippen molar-refractivity contribution in [3.05, 3.63) is 28.3 Å². The van der Waals surface area contributed by atoms with Crippen molar-refractivity contribution in [1.82, 2.24) is 0 Å². The molecule has 1 N–H and O–H groups in total. The zero-order chi connectivity index (χ0) is 11.5. The summed E-state index contributed by atoms with van der Waals surface area (Å²) in [5.41, 5.74) is 1.14. The molecule has 0 unspecified atom stereocenters. The predicted octanol–water partition coefficient (Wildman–Crippen LogP) is 3.91. The van der Waals surface area contributed by atoms with Gasteiger partial charge in [-0.15, -0.1) is 0 Å². The summed E-state index contributed by atoms with van der Waals surface area (Å²) >= 11 is 5.95. The van der Waals surface area contributed by atoms with Crippen LogP contribution in [0.5, 0.6) is 5.75 Å². The van der Waals surface area contributed by atoms with E-state index in [1.54, 1.807) is 6.07 Å². The summed E-state index contributed by atoms with van der Waals surface area (Å²) in [5, 5.41) is 10.5. The molecule has 0 radical (unpaired) electrons. The fourth-order valence-electron chi connectivity index (χ4n) is 2.46. The number of halogens is 1. The Morgan fingerprint density at radius 3 is 2.56 bits per heavy atom. The maximum absolute atomic E-state index is 10.8. The largest absolute Gasteiger partial charge is 0.507 e. The third-order valence-corrected chi connectivity index (χ3v) is 3.52. The van der Waals surface area contributed by atoms with Crippen LogP contribution in [0.15, 0.2) is 12.1 Å². The van der Waals surface area contributed by atoms with E-state index in [4.69, 9.17) is 11.6 Å². The first-order chi connectivity index (χ1) is 7.72. The van der Waals surface area contributed by atoms with Gasteiger partial charge in [-0.1, -0.05) is 30.9 Å². The number of rotatable bonds is 2. The number of carbonyl (C=O) groups excluding carboxylic acids is 1. The fraction of sp³-hybridized carbons (Fsp3) is 0.462. The Balaban J connectivity index is 2.38. The normalized spacial score (nSPS) is 17.3. The van der Waals surface area contributed by atoms with Gasteiger partial charge in [0.1, 0.15) is 5.75 Å². The number of aldehydes is 1. The molecule has 0 aliphatic heterocycles. The Morgan fingerprint density at radius 2 is 1.94 bits per heavy atom. The molecule has 1 aliphatic carbocycles. The lowest BCUT2D eigenvalue weighted by Gasteiger charge is -2.23. The van der Waals surface area contributed by atoms with Crippen LogP contribution < -0.4 is 0 Å². The van der Waals surface area contributed by atoms with E-state index in [-0.39, 0.29) is 5.75 Å². The molecule has 0 aromatic heterocycles. The van der Waals surface area contributed by atoms with Gasteiger partial charge >= 0.3 is 0 Å². The minimum Gasteiger partial charge on any atom is -0.507 e. The van der Waals surface area contributed by atoms with Crippen LogP contribution in [0.3, 0.4) is 0 Å². The van der Waals surface area contributed by atoms with Crippen LogP contribution in [0.2, 0.25) is 5.02 Å². The van der Waals surface area contributed by atoms with Gasteiger partial charge in [-0.25, -0.2) is 0 Å². The minimum atomic E-state index is 0.117. The van der Waals surface area contributed by atoms with E-state index < -0.39 is 0 Å². The van der Waals surface area contributed by atoms with Crippen LogP contribution in [-0.4, -0.2) is 11.4 Å². The van der Waals surface area contributed by atoms with Crippen molar-refractivity contribution in [3.63, 3.8) is 0 Å². The average Bonchev–Trinajstić information content (AvgIpc) is 2.33. The Labute approximate surface area is 100 Å².